The number of aromatic amines is 1. The molecule has 4 unspecified atom stereocenters. The number of fused-ring (bicyclic) bond motifs is 3. The van der Waals surface area contributed by atoms with Gasteiger partial charge in [-0.3, -0.25) is 14.3 Å². The molecule has 1 spiro atoms. The number of aromatic nitrogens is 2. The van der Waals surface area contributed by atoms with E-state index in [9.17, 15) is 9.59 Å². The molecular formula is C27H28N2O6. The van der Waals surface area contributed by atoms with Crippen LogP contribution in [0.5, 0.6) is 0 Å². The molecule has 182 valence electrons. The van der Waals surface area contributed by atoms with Crippen molar-refractivity contribution in [1.82, 2.24) is 9.55 Å². The van der Waals surface area contributed by atoms with Crippen LogP contribution in [0.25, 0.3) is 0 Å². The van der Waals surface area contributed by atoms with E-state index in [2.05, 4.69) is 4.98 Å². The second-order valence-electron chi connectivity index (χ2n) is 9.65. The first-order chi connectivity index (χ1) is 17.0. The predicted molar refractivity (Wildman–Crippen MR) is 127 cm³/mol. The van der Waals surface area contributed by atoms with Crippen molar-refractivity contribution in [3.05, 3.63) is 104 Å². The maximum atomic E-state index is 12.7. The summed E-state index contributed by atoms with van der Waals surface area (Å²) in [5, 5.41) is 0. The van der Waals surface area contributed by atoms with E-state index in [-0.39, 0.29) is 6.61 Å². The van der Waals surface area contributed by atoms with Crippen molar-refractivity contribution >= 4 is 0 Å². The van der Waals surface area contributed by atoms with Crippen molar-refractivity contribution in [3.8, 4) is 0 Å². The fraction of sp³-hybridized carbons (Fsp3) is 0.407. The van der Waals surface area contributed by atoms with Gasteiger partial charge in [-0.1, -0.05) is 60.7 Å². The van der Waals surface area contributed by atoms with Crippen LogP contribution in [0.2, 0.25) is 0 Å². The molecule has 2 saturated heterocycles. The van der Waals surface area contributed by atoms with E-state index in [0.717, 1.165) is 24.0 Å². The number of rotatable bonds is 8. The van der Waals surface area contributed by atoms with Crippen LogP contribution < -0.4 is 11.2 Å². The van der Waals surface area contributed by atoms with Crippen molar-refractivity contribution in [2.24, 2.45) is 0 Å². The minimum atomic E-state index is -0.866. The van der Waals surface area contributed by atoms with Gasteiger partial charge in [0.1, 0.15) is 17.8 Å². The highest BCUT2D eigenvalue weighted by Crippen LogP contribution is 2.65. The van der Waals surface area contributed by atoms with Crippen molar-refractivity contribution in [2.45, 2.75) is 62.6 Å². The zero-order chi connectivity index (χ0) is 24.0. The standard InChI is InChI=1S/C27H28N2O6/c1-18-14-29(25(31)28-23(18)30)24-21-22(33-16-20-10-6-3-7-11-20)27(35-24,26(34-21)12-13-26)17-32-15-19-8-4-2-5-9-19/h2-11,14,21-22,24H,12-13,15-17H2,1H3,(H,28,30,31). The molecular weight excluding hydrogens is 448 g/mol. The summed E-state index contributed by atoms with van der Waals surface area (Å²) in [6.07, 6.45) is 1.54. The van der Waals surface area contributed by atoms with Gasteiger partial charge in [0, 0.05) is 11.8 Å². The largest absolute Gasteiger partial charge is 0.374 e. The van der Waals surface area contributed by atoms with Crippen LogP contribution in [0.3, 0.4) is 0 Å². The third kappa shape index (κ3) is 3.77. The van der Waals surface area contributed by atoms with Crippen molar-refractivity contribution in [1.29, 1.82) is 0 Å². The zero-order valence-corrected chi connectivity index (χ0v) is 19.5. The number of H-pyrrole nitrogens is 1. The highest BCUT2D eigenvalue weighted by molar-refractivity contribution is 5.27. The molecule has 2 aliphatic heterocycles. The Balaban J connectivity index is 1.32. The molecule has 3 fully saturated rings. The van der Waals surface area contributed by atoms with Crippen LogP contribution in [0.4, 0.5) is 0 Å². The van der Waals surface area contributed by atoms with E-state index in [4.69, 9.17) is 18.9 Å². The van der Waals surface area contributed by atoms with Crippen LogP contribution in [-0.4, -0.2) is 39.6 Å². The first-order valence-corrected chi connectivity index (χ1v) is 12.0. The average Bonchev–Trinajstić information content (AvgIpc) is 3.52. The monoisotopic (exact) mass is 476 g/mol. The van der Waals surface area contributed by atoms with E-state index in [1.54, 1.807) is 6.92 Å². The summed E-state index contributed by atoms with van der Waals surface area (Å²) in [5.74, 6) is 0. The molecule has 3 heterocycles. The second kappa shape index (κ2) is 8.57. The molecule has 8 heteroatoms. The number of benzene rings is 2. The number of hydrogen-bond donors (Lipinski definition) is 1. The molecule has 4 atom stereocenters. The van der Waals surface area contributed by atoms with Gasteiger partial charge in [-0.05, 0) is 30.9 Å². The molecule has 1 N–H and O–H groups in total. The van der Waals surface area contributed by atoms with Gasteiger partial charge in [0.2, 0.25) is 0 Å². The van der Waals surface area contributed by atoms with Gasteiger partial charge in [0.05, 0.1) is 19.8 Å². The first kappa shape index (κ1) is 22.4. The maximum Gasteiger partial charge on any atom is 0.330 e. The summed E-state index contributed by atoms with van der Waals surface area (Å²) in [4.78, 5) is 27.1. The summed E-state index contributed by atoms with van der Waals surface area (Å²) in [6, 6.07) is 19.9. The molecule has 8 nitrogen and oxygen atoms in total. The van der Waals surface area contributed by atoms with Crippen LogP contribution in [0.15, 0.2) is 76.4 Å². The normalized spacial score (nSPS) is 28.0. The SMILES string of the molecule is Cc1cn(C2OC3(COCc4ccccc4)C(OCc4ccccc4)C2OC32CC2)c(=O)[nH]c1=O. The summed E-state index contributed by atoms with van der Waals surface area (Å²) in [6.45, 7) is 2.75. The molecule has 0 amide bonds. The summed E-state index contributed by atoms with van der Waals surface area (Å²) >= 11 is 0. The Morgan fingerprint density at radius 1 is 0.971 bits per heavy atom. The van der Waals surface area contributed by atoms with Crippen LogP contribution >= 0.6 is 0 Å². The van der Waals surface area contributed by atoms with Crippen LogP contribution in [0, 0.1) is 6.92 Å². The third-order valence-corrected chi connectivity index (χ3v) is 7.33. The fourth-order valence-electron chi connectivity index (χ4n) is 5.39. The molecule has 2 bridgehead atoms. The molecule has 1 aliphatic carbocycles. The molecule has 35 heavy (non-hydrogen) atoms. The van der Waals surface area contributed by atoms with Gasteiger partial charge < -0.3 is 18.9 Å². The molecule has 1 saturated carbocycles. The Kier molecular flexibility index (Phi) is 5.49. The third-order valence-electron chi connectivity index (χ3n) is 7.33. The van der Waals surface area contributed by atoms with Crippen molar-refractivity contribution in [2.75, 3.05) is 6.61 Å². The van der Waals surface area contributed by atoms with E-state index in [0.29, 0.717) is 18.8 Å². The quantitative estimate of drug-likeness (QED) is 0.538. The Bertz CT molecular complexity index is 1320. The number of nitrogens with zero attached hydrogens (tertiary/aromatic N) is 1. The number of ether oxygens (including phenoxy) is 4. The van der Waals surface area contributed by atoms with Crippen molar-refractivity contribution in [3.63, 3.8) is 0 Å². The van der Waals surface area contributed by atoms with Gasteiger partial charge in [0.25, 0.3) is 5.56 Å². The lowest BCUT2D eigenvalue weighted by atomic mass is 9.91. The minimum absolute atomic E-state index is 0.269. The topological polar surface area (TPSA) is 91.8 Å². The Hall–Kier alpha value is -3.04. The summed E-state index contributed by atoms with van der Waals surface area (Å²) in [7, 11) is 0. The predicted octanol–water partition coefficient (Wildman–Crippen LogP) is 2.85. The smallest absolute Gasteiger partial charge is 0.330 e. The molecule has 3 aromatic rings. The lowest BCUT2D eigenvalue weighted by Gasteiger charge is -2.38. The number of nitrogens with one attached hydrogen (secondary N) is 1. The van der Waals surface area contributed by atoms with E-state index >= 15 is 0 Å². The van der Waals surface area contributed by atoms with Crippen LogP contribution in [0.1, 0.15) is 35.8 Å². The van der Waals surface area contributed by atoms with Gasteiger partial charge in [-0.25, -0.2) is 4.79 Å². The number of aryl methyl sites for hydroxylation is 1. The molecule has 6 rings (SSSR count). The van der Waals surface area contributed by atoms with Gasteiger partial charge >= 0.3 is 5.69 Å². The summed E-state index contributed by atoms with van der Waals surface area (Å²) < 4.78 is 27.4. The zero-order valence-electron chi connectivity index (χ0n) is 19.5. The highest BCUT2D eigenvalue weighted by Gasteiger charge is 2.79. The van der Waals surface area contributed by atoms with Gasteiger partial charge in [-0.2, -0.15) is 0 Å². The van der Waals surface area contributed by atoms with Crippen LogP contribution in [-0.2, 0) is 32.2 Å². The van der Waals surface area contributed by atoms with E-state index < -0.39 is 40.9 Å². The van der Waals surface area contributed by atoms with E-state index in [1.165, 1.54) is 10.8 Å². The lowest BCUT2D eigenvalue weighted by molar-refractivity contribution is -0.242. The Morgan fingerprint density at radius 2 is 1.63 bits per heavy atom. The van der Waals surface area contributed by atoms with Gasteiger partial charge in [0.15, 0.2) is 11.8 Å². The Morgan fingerprint density at radius 3 is 2.29 bits per heavy atom. The van der Waals surface area contributed by atoms with E-state index in [1.807, 2.05) is 60.7 Å². The molecule has 2 aromatic carbocycles. The average molecular weight is 477 g/mol. The minimum Gasteiger partial charge on any atom is -0.374 e. The lowest BCUT2D eigenvalue weighted by Crippen LogP contribution is -2.54. The summed E-state index contributed by atoms with van der Waals surface area (Å²) in [5.41, 5.74) is 0.224. The fourth-order valence-corrected chi connectivity index (χ4v) is 5.39. The molecule has 3 aliphatic rings. The first-order valence-electron chi connectivity index (χ1n) is 12.0. The molecule has 0 radical (unpaired) electrons. The Labute approximate surface area is 202 Å². The molecule has 1 aromatic heterocycles. The second-order valence-corrected chi connectivity index (χ2v) is 9.65. The highest BCUT2D eigenvalue weighted by atomic mass is 16.7. The number of hydrogen-bond acceptors (Lipinski definition) is 6. The van der Waals surface area contributed by atoms with Crippen molar-refractivity contribution < 1.29 is 18.9 Å². The van der Waals surface area contributed by atoms with Gasteiger partial charge in [-0.15, -0.1) is 0 Å². The maximum absolute atomic E-state index is 12.7.